The van der Waals surface area contributed by atoms with Crippen LogP contribution >= 0.6 is 35.4 Å². The molecule has 1 unspecified atom stereocenters. The first-order valence-corrected chi connectivity index (χ1v) is 10.6. The lowest BCUT2D eigenvalue weighted by atomic mass is 10.2. The van der Waals surface area contributed by atoms with Crippen LogP contribution in [0, 0.1) is 0 Å². The maximum Gasteiger partial charge on any atom is 0.173 e. The van der Waals surface area contributed by atoms with Gasteiger partial charge in [0.05, 0.1) is 12.7 Å². The van der Waals surface area contributed by atoms with Crippen molar-refractivity contribution < 1.29 is 9.47 Å². The molecule has 0 amide bonds. The molecule has 0 saturated carbocycles. The van der Waals surface area contributed by atoms with E-state index in [1.54, 1.807) is 6.07 Å². The molecule has 1 aliphatic heterocycles. The molecule has 2 aromatic carbocycles. The van der Waals surface area contributed by atoms with Gasteiger partial charge in [0, 0.05) is 35.4 Å². The molecule has 1 atom stereocenters. The molecular formula is C21H24Cl2N2O2S. The van der Waals surface area contributed by atoms with Gasteiger partial charge in [-0.3, -0.25) is 0 Å². The van der Waals surface area contributed by atoms with Crippen molar-refractivity contribution in [2.24, 2.45) is 0 Å². The van der Waals surface area contributed by atoms with Crippen molar-refractivity contribution in [3.8, 4) is 5.75 Å². The van der Waals surface area contributed by atoms with Gasteiger partial charge in [0.1, 0.15) is 5.75 Å². The van der Waals surface area contributed by atoms with Crippen LogP contribution in [0.5, 0.6) is 5.75 Å². The molecule has 150 valence electrons. The lowest BCUT2D eigenvalue weighted by molar-refractivity contribution is 0.0905. The molecule has 0 bridgehead atoms. The Morgan fingerprint density at radius 1 is 1.25 bits per heavy atom. The van der Waals surface area contributed by atoms with E-state index in [0.29, 0.717) is 34.9 Å². The first kappa shape index (κ1) is 21.2. The number of hydrogen-bond acceptors (Lipinski definition) is 3. The highest BCUT2D eigenvalue weighted by Gasteiger charge is 2.22. The number of ether oxygens (including phenoxy) is 2. The first-order valence-electron chi connectivity index (χ1n) is 9.39. The van der Waals surface area contributed by atoms with Crippen LogP contribution in [0.2, 0.25) is 10.0 Å². The number of thiocarbonyl (C=S) groups is 1. The number of hydrogen-bond donors (Lipinski definition) is 1. The van der Waals surface area contributed by atoms with Crippen molar-refractivity contribution in [1.29, 1.82) is 0 Å². The molecule has 2 aromatic rings. The summed E-state index contributed by atoms with van der Waals surface area (Å²) in [6, 6.07) is 13.3. The molecule has 0 radical (unpaired) electrons. The van der Waals surface area contributed by atoms with Crippen LogP contribution in [0.15, 0.2) is 42.5 Å². The minimum Gasteiger partial charge on any atom is -0.494 e. The molecule has 1 N–H and O–H groups in total. The highest BCUT2D eigenvalue weighted by molar-refractivity contribution is 7.80. The van der Waals surface area contributed by atoms with E-state index in [9.17, 15) is 0 Å². The molecule has 7 heteroatoms. The molecule has 1 saturated heterocycles. The quantitative estimate of drug-likeness (QED) is 0.554. The Balaban J connectivity index is 1.71. The SMILES string of the molecule is CCOc1ccc(NC(=S)N(Cc2ccc(Cl)cc2Cl)CC2CCCO2)cc1. The molecule has 3 rings (SSSR count). The van der Waals surface area contributed by atoms with E-state index in [4.69, 9.17) is 44.9 Å². The molecule has 0 aromatic heterocycles. The van der Waals surface area contributed by atoms with Crippen LogP contribution < -0.4 is 10.1 Å². The Morgan fingerprint density at radius 2 is 2.04 bits per heavy atom. The summed E-state index contributed by atoms with van der Waals surface area (Å²) in [5, 5.41) is 5.20. The zero-order chi connectivity index (χ0) is 19.9. The van der Waals surface area contributed by atoms with Crippen molar-refractivity contribution in [2.45, 2.75) is 32.4 Å². The Labute approximate surface area is 181 Å². The molecule has 1 aliphatic rings. The number of nitrogens with one attached hydrogen (secondary N) is 1. The average molecular weight is 439 g/mol. The third kappa shape index (κ3) is 5.98. The number of anilines is 1. The van der Waals surface area contributed by atoms with E-state index in [0.717, 1.165) is 36.4 Å². The summed E-state index contributed by atoms with van der Waals surface area (Å²) < 4.78 is 11.3. The zero-order valence-electron chi connectivity index (χ0n) is 15.8. The Bertz CT molecular complexity index is 795. The van der Waals surface area contributed by atoms with Crippen molar-refractivity contribution in [2.75, 3.05) is 25.1 Å². The number of rotatable bonds is 7. The molecule has 4 nitrogen and oxygen atoms in total. The van der Waals surface area contributed by atoms with Gasteiger partial charge < -0.3 is 19.7 Å². The molecule has 0 spiro atoms. The van der Waals surface area contributed by atoms with E-state index < -0.39 is 0 Å². The van der Waals surface area contributed by atoms with Crippen LogP contribution in [-0.2, 0) is 11.3 Å². The van der Waals surface area contributed by atoms with Crippen LogP contribution in [0.1, 0.15) is 25.3 Å². The van der Waals surface area contributed by atoms with Crippen LogP contribution in [-0.4, -0.2) is 35.9 Å². The van der Waals surface area contributed by atoms with E-state index in [1.807, 2.05) is 43.3 Å². The maximum absolute atomic E-state index is 6.38. The van der Waals surface area contributed by atoms with Gasteiger partial charge in [0.15, 0.2) is 5.11 Å². The van der Waals surface area contributed by atoms with Gasteiger partial charge in [-0.25, -0.2) is 0 Å². The van der Waals surface area contributed by atoms with E-state index >= 15 is 0 Å². The first-order chi connectivity index (χ1) is 13.5. The zero-order valence-corrected chi connectivity index (χ0v) is 18.1. The molecule has 28 heavy (non-hydrogen) atoms. The van der Waals surface area contributed by atoms with Gasteiger partial charge in [0.2, 0.25) is 0 Å². The largest absolute Gasteiger partial charge is 0.494 e. The van der Waals surface area contributed by atoms with Gasteiger partial charge in [0.25, 0.3) is 0 Å². The van der Waals surface area contributed by atoms with Gasteiger partial charge in [-0.1, -0.05) is 29.3 Å². The molecule has 0 aliphatic carbocycles. The predicted molar refractivity (Wildman–Crippen MR) is 120 cm³/mol. The number of nitrogens with zero attached hydrogens (tertiary/aromatic N) is 1. The van der Waals surface area contributed by atoms with Crippen molar-refractivity contribution in [3.05, 3.63) is 58.1 Å². The van der Waals surface area contributed by atoms with E-state index in [1.165, 1.54) is 0 Å². The molecular weight excluding hydrogens is 415 g/mol. The fourth-order valence-corrected chi connectivity index (χ4v) is 3.84. The fraction of sp³-hybridized carbons (Fsp3) is 0.381. The monoisotopic (exact) mass is 438 g/mol. The lowest BCUT2D eigenvalue weighted by Gasteiger charge is -2.28. The summed E-state index contributed by atoms with van der Waals surface area (Å²) in [6.07, 6.45) is 2.29. The highest BCUT2D eigenvalue weighted by atomic mass is 35.5. The van der Waals surface area contributed by atoms with Gasteiger partial charge in [-0.2, -0.15) is 0 Å². The summed E-state index contributed by atoms with van der Waals surface area (Å²) in [6.45, 7) is 4.70. The predicted octanol–water partition coefficient (Wildman–Crippen LogP) is 5.77. The van der Waals surface area contributed by atoms with Crippen molar-refractivity contribution in [1.82, 2.24) is 4.90 Å². The minimum atomic E-state index is 0.172. The standard InChI is InChI=1S/C21H24Cl2N2O2S/c1-2-26-18-9-7-17(8-10-18)24-21(28)25(14-19-4-3-11-27-19)13-15-5-6-16(22)12-20(15)23/h5-10,12,19H,2-4,11,13-14H2,1H3,(H,24,28). The number of benzene rings is 2. The Kier molecular flexibility index (Phi) is 7.80. The lowest BCUT2D eigenvalue weighted by Crippen LogP contribution is -2.39. The number of halogens is 2. The summed E-state index contributed by atoms with van der Waals surface area (Å²) >= 11 is 18.1. The smallest absolute Gasteiger partial charge is 0.173 e. The third-order valence-corrected chi connectivity index (χ3v) is 5.48. The summed E-state index contributed by atoms with van der Waals surface area (Å²) in [5.41, 5.74) is 1.88. The minimum absolute atomic E-state index is 0.172. The Hall–Kier alpha value is -1.53. The molecule has 1 heterocycles. The van der Waals surface area contributed by atoms with Crippen molar-refractivity contribution >= 4 is 46.2 Å². The second-order valence-corrected chi connectivity index (χ2v) is 7.87. The van der Waals surface area contributed by atoms with Crippen molar-refractivity contribution in [3.63, 3.8) is 0 Å². The van der Waals surface area contributed by atoms with E-state index in [-0.39, 0.29) is 6.10 Å². The normalized spacial score (nSPS) is 16.0. The van der Waals surface area contributed by atoms with E-state index in [2.05, 4.69) is 10.2 Å². The van der Waals surface area contributed by atoms with Gasteiger partial charge >= 0.3 is 0 Å². The maximum atomic E-state index is 6.38. The highest BCUT2D eigenvalue weighted by Crippen LogP contribution is 2.24. The van der Waals surface area contributed by atoms with Gasteiger partial charge in [-0.05, 0) is 73.9 Å². The Morgan fingerprint density at radius 3 is 2.68 bits per heavy atom. The molecule has 1 fully saturated rings. The van der Waals surface area contributed by atoms with Crippen LogP contribution in [0.4, 0.5) is 5.69 Å². The average Bonchev–Trinajstić information content (AvgIpc) is 3.18. The van der Waals surface area contributed by atoms with Gasteiger partial charge in [-0.15, -0.1) is 0 Å². The summed E-state index contributed by atoms with van der Waals surface area (Å²) in [4.78, 5) is 2.09. The second-order valence-electron chi connectivity index (χ2n) is 6.64. The summed E-state index contributed by atoms with van der Waals surface area (Å²) in [5.74, 6) is 0.836. The second kappa shape index (κ2) is 10.3. The van der Waals surface area contributed by atoms with Crippen LogP contribution in [0.25, 0.3) is 0 Å². The van der Waals surface area contributed by atoms with Crippen LogP contribution in [0.3, 0.4) is 0 Å². The fourth-order valence-electron chi connectivity index (χ4n) is 3.11. The topological polar surface area (TPSA) is 33.7 Å². The third-order valence-electron chi connectivity index (χ3n) is 4.53. The summed E-state index contributed by atoms with van der Waals surface area (Å²) in [7, 11) is 0.